The summed E-state index contributed by atoms with van der Waals surface area (Å²) in [6, 6.07) is 4.02. The number of ether oxygens (including phenoxy) is 1. The maximum absolute atomic E-state index is 13.4. The molecule has 0 bridgehead atoms. The average Bonchev–Trinajstić information content (AvgIpc) is 2.28. The van der Waals surface area contributed by atoms with Crippen molar-refractivity contribution in [2.75, 3.05) is 20.3 Å². The van der Waals surface area contributed by atoms with Gasteiger partial charge in [-0.2, -0.15) is 0 Å². The summed E-state index contributed by atoms with van der Waals surface area (Å²) in [5.74, 6) is -1.57. The van der Waals surface area contributed by atoms with E-state index < -0.39 is 11.6 Å². The Balaban J connectivity index is 2.52. The van der Waals surface area contributed by atoms with Crippen molar-refractivity contribution in [3.8, 4) is 0 Å². The third kappa shape index (κ3) is 3.54. The van der Waals surface area contributed by atoms with Crippen LogP contribution in [0.25, 0.3) is 0 Å². The maximum atomic E-state index is 13.4. The zero-order valence-electron chi connectivity index (χ0n) is 9.59. The zero-order valence-corrected chi connectivity index (χ0v) is 9.59. The minimum atomic E-state index is -0.803. The van der Waals surface area contributed by atoms with Gasteiger partial charge in [0, 0.05) is 25.3 Å². The predicted molar refractivity (Wildman–Crippen MR) is 59.3 cm³/mol. The highest BCUT2D eigenvalue weighted by atomic mass is 19.2. The first-order valence-corrected chi connectivity index (χ1v) is 5.33. The van der Waals surface area contributed by atoms with Crippen LogP contribution in [0.2, 0.25) is 0 Å². The van der Waals surface area contributed by atoms with Crippen molar-refractivity contribution in [1.29, 1.82) is 0 Å². The molecule has 0 aliphatic carbocycles. The van der Waals surface area contributed by atoms with Gasteiger partial charge in [0.15, 0.2) is 11.6 Å². The van der Waals surface area contributed by atoms with Gasteiger partial charge >= 0.3 is 0 Å². The Morgan fingerprint density at radius 3 is 2.81 bits per heavy atom. The van der Waals surface area contributed by atoms with Crippen molar-refractivity contribution < 1.29 is 13.5 Å². The van der Waals surface area contributed by atoms with Gasteiger partial charge in [-0.05, 0) is 26.0 Å². The molecule has 90 valence electrons. The second-order valence-corrected chi connectivity index (χ2v) is 3.67. The third-order valence-corrected chi connectivity index (χ3v) is 2.42. The van der Waals surface area contributed by atoms with Crippen LogP contribution in [0.15, 0.2) is 18.2 Å². The lowest BCUT2D eigenvalue weighted by atomic mass is 10.1. The molecule has 0 saturated carbocycles. The summed E-state index contributed by atoms with van der Waals surface area (Å²) >= 11 is 0. The molecular formula is C12H17F2NO. The van der Waals surface area contributed by atoms with Crippen LogP contribution in [-0.4, -0.2) is 20.3 Å². The van der Waals surface area contributed by atoms with E-state index in [9.17, 15) is 8.78 Å². The molecule has 1 N–H and O–H groups in total. The highest BCUT2D eigenvalue weighted by Gasteiger charge is 2.13. The molecule has 1 aromatic rings. The molecule has 0 aliphatic heterocycles. The Morgan fingerprint density at radius 2 is 2.12 bits per heavy atom. The monoisotopic (exact) mass is 229 g/mol. The molecule has 16 heavy (non-hydrogen) atoms. The van der Waals surface area contributed by atoms with Crippen molar-refractivity contribution in [3.63, 3.8) is 0 Å². The van der Waals surface area contributed by atoms with Gasteiger partial charge in [-0.15, -0.1) is 0 Å². The Kier molecular flexibility index (Phi) is 5.35. The summed E-state index contributed by atoms with van der Waals surface area (Å²) in [7, 11) is 1.63. The van der Waals surface area contributed by atoms with Crippen LogP contribution in [0.4, 0.5) is 8.78 Å². The largest absolute Gasteiger partial charge is 0.385 e. The van der Waals surface area contributed by atoms with E-state index in [1.165, 1.54) is 6.07 Å². The normalized spacial score (nSPS) is 12.8. The number of methoxy groups -OCH3 is 1. The second kappa shape index (κ2) is 6.55. The quantitative estimate of drug-likeness (QED) is 0.757. The highest BCUT2D eigenvalue weighted by Crippen LogP contribution is 2.18. The van der Waals surface area contributed by atoms with Gasteiger partial charge in [0.25, 0.3) is 0 Å². The number of halogens is 2. The van der Waals surface area contributed by atoms with Crippen molar-refractivity contribution in [2.24, 2.45) is 0 Å². The molecule has 0 radical (unpaired) electrons. The number of nitrogens with one attached hydrogen (secondary N) is 1. The van der Waals surface area contributed by atoms with Gasteiger partial charge in [0.1, 0.15) is 0 Å². The summed E-state index contributed by atoms with van der Waals surface area (Å²) in [4.78, 5) is 0. The van der Waals surface area contributed by atoms with Crippen molar-refractivity contribution in [1.82, 2.24) is 5.32 Å². The Morgan fingerprint density at radius 1 is 1.38 bits per heavy atom. The van der Waals surface area contributed by atoms with Gasteiger partial charge in [0.05, 0.1) is 0 Å². The number of rotatable bonds is 6. The van der Waals surface area contributed by atoms with Crippen molar-refractivity contribution in [2.45, 2.75) is 19.4 Å². The fraction of sp³-hybridized carbons (Fsp3) is 0.500. The molecule has 0 unspecified atom stereocenters. The Labute approximate surface area is 94.6 Å². The van der Waals surface area contributed by atoms with E-state index >= 15 is 0 Å². The molecule has 1 aromatic carbocycles. The molecule has 2 nitrogen and oxygen atoms in total. The molecule has 0 heterocycles. The summed E-state index contributed by atoms with van der Waals surface area (Å²) in [5, 5.41) is 3.12. The number of hydrogen-bond donors (Lipinski definition) is 1. The SMILES string of the molecule is COCCCN[C@H](C)c1cccc(F)c1F. The van der Waals surface area contributed by atoms with E-state index in [0.29, 0.717) is 18.7 Å². The summed E-state index contributed by atoms with van der Waals surface area (Å²) in [6.45, 7) is 3.18. The molecule has 0 spiro atoms. The number of benzene rings is 1. The fourth-order valence-corrected chi connectivity index (χ4v) is 1.50. The van der Waals surface area contributed by atoms with E-state index in [-0.39, 0.29) is 6.04 Å². The molecule has 0 aromatic heterocycles. The lowest BCUT2D eigenvalue weighted by Gasteiger charge is -2.15. The van der Waals surface area contributed by atoms with E-state index in [2.05, 4.69) is 5.32 Å². The topological polar surface area (TPSA) is 21.3 Å². The smallest absolute Gasteiger partial charge is 0.163 e. The highest BCUT2D eigenvalue weighted by molar-refractivity contribution is 5.21. The van der Waals surface area contributed by atoms with Crippen LogP contribution < -0.4 is 5.32 Å². The molecule has 1 atom stereocenters. The van der Waals surface area contributed by atoms with Crippen molar-refractivity contribution >= 4 is 0 Å². The first-order chi connectivity index (χ1) is 7.66. The lowest BCUT2D eigenvalue weighted by molar-refractivity contribution is 0.193. The predicted octanol–water partition coefficient (Wildman–Crippen LogP) is 2.65. The third-order valence-electron chi connectivity index (χ3n) is 2.42. The van der Waals surface area contributed by atoms with Crippen LogP contribution >= 0.6 is 0 Å². The minimum Gasteiger partial charge on any atom is -0.385 e. The summed E-state index contributed by atoms with van der Waals surface area (Å²) < 4.78 is 31.2. The van der Waals surface area contributed by atoms with Gasteiger partial charge in [0.2, 0.25) is 0 Å². The molecule has 0 fully saturated rings. The van der Waals surface area contributed by atoms with Crippen molar-refractivity contribution in [3.05, 3.63) is 35.4 Å². The standard InChI is InChI=1S/C12H17F2NO/c1-9(15-7-4-8-16-2)10-5-3-6-11(13)12(10)14/h3,5-6,9,15H,4,7-8H2,1-2H3/t9-/m1/s1. The lowest BCUT2D eigenvalue weighted by Crippen LogP contribution is -2.22. The molecular weight excluding hydrogens is 212 g/mol. The Bertz CT molecular complexity index is 331. The average molecular weight is 229 g/mol. The van der Waals surface area contributed by atoms with Crippen LogP contribution in [0.3, 0.4) is 0 Å². The molecule has 4 heteroatoms. The maximum Gasteiger partial charge on any atom is 0.163 e. The van der Waals surface area contributed by atoms with Crippen LogP contribution in [-0.2, 0) is 4.74 Å². The molecule has 0 saturated heterocycles. The molecule has 0 aliphatic rings. The minimum absolute atomic E-state index is 0.201. The van der Waals surface area contributed by atoms with E-state index in [4.69, 9.17) is 4.74 Å². The molecule has 0 amide bonds. The van der Waals surface area contributed by atoms with Gasteiger partial charge in [-0.1, -0.05) is 12.1 Å². The van der Waals surface area contributed by atoms with Gasteiger partial charge in [-0.25, -0.2) is 8.78 Å². The first kappa shape index (κ1) is 13.1. The van der Waals surface area contributed by atoms with Gasteiger partial charge in [-0.3, -0.25) is 0 Å². The second-order valence-electron chi connectivity index (χ2n) is 3.67. The van der Waals surface area contributed by atoms with Crippen LogP contribution in [0.1, 0.15) is 24.9 Å². The van der Waals surface area contributed by atoms with E-state index in [0.717, 1.165) is 12.5 Å². The van der Waals surface area contributed by atoms with Crippen LogP contribution in [0.5, 0.6) is 0 Å². The van der Waals surface area contributed by atoms with Gasteiger partial charge < -0.3 is 10.1 Å². The zero-order chi connectivity index (χ0) is 12.0. The summed E-state index contributed by atoms with van der Waals surface area (Å²) in [6.07, 6.45) is 0.845. The fourth-order valence-electron chi connectivity index (χ4n) is 1.50. The first-order valence-electron chi connectivity index (χ1n) is 5.33. The molecule has 1 rings (SSSR count). The van der Waals surface area contributed by atoms with E-state index in [1.807, 2.05) is 6.92 Å². The number of hydrogen-bond acceptors (Lipinski definition) is 2. The van der Waals surface area contributed by atoms with E-state index in [1.54, 1.807) is 13.2 Å². The Hall–Kier alpha value is -1.00. The van der Waals surface area contributed by atoms with Crippen LogP contribution in [0, 0.1) is 11.6 Å². The summed E-state index contributed by atoms with van der Waals surface area (Å²) in [5.41, 5.74) is 0.359.